The van der Waals surface area contributed by atoms with Crippen LogP contribution in [0.25, 0.3) is 0 Å². The molecule has 0 bridgehead atoms. The minimum atomic E-state index is -4.06. The van der Waals surface area contributed by atoms with E-state index in [4.69, 9.17) is 16.3 Å². The van der Waals surface area contributed by atoms with Gasteiger partial charge in [-0.05, 0) is 55.7 Å². The molecule has 1 aliphatic heterocycles. The van der Waals surface area contributed by atoms with Crippen molar-refractivity contribution in [2.24, 2.45) is 5.92 Å². The van der Waals surface area contributed by atoms with E-state index in [2.05, 4.69) is 6.58 Å². The largest absolute Gasteiger partial charge is 0.490 e. The molecule has 0 radical (unpaired) electrons. The van der Waals surface area contributed by atoms with Crippen molar-refractivity contribution in [3.05, 3.63) is 70.8 Å². The highest BCUT2D eigenvalue weighted by atomic mass is 35.5. The Hall–Kier alpha value is -1.92. The van der Waals surface area contributed by atoms with E-state index in [1.165, 1.54) is 24.3 Å². The van der Waals surface area contributed by atoms with Gasteiger partial charge in [0.25, 0.3) is 0 Å². The summed E-state index contributed by atoms with van der Waals surface area (Å²) in [5, 5.41) is 0.393. The normalized spacial score (nSPS) is 24.7. The van der Waals surface area contributed by atoms with Crippen LogP contribution < -0.4 is 4.74 Å². The van der Waals surface area contributed by atoms with E-state index in [0.717, 1.165) is 17.7 Å². The van der Waals surface area contributed by atoms with E-state index in [0.29, 0.717) is 17.9 Å². The Kier molecular flexibility index (Phi) is 4.31. The first-order chi connectivity index (χ1) is 12.8. The zero-order valence-electron chi connectivity index (χ0n) is 14.3. The number of fused-ring (bicyclic) bond motifs is 3. The molecule has 7 heteroatoms. The van der Waals surface area contributed by atoms with Gasteiger partial charge in [0.05, 0.1) is 17.1 Å². The highest BCUT2D eigenvalue weighted by Gasteiger charge is 2.58. The zero-order chi connectivity index (χ0) is 19.4. The predicted octanol–water partition coefficient (Wildman–Crippen LogP) is 5.04. The molecule has 142 valence electrons. The SMILES string of the molecule is C=C1CC[C@@]2(S(=O)(=O)c3ccc(Cl)cc3)c3c(F)ccc(F)c3OCC2C1. The maximum absolute atomic E-state index is 14.9. The number of ether oxygens (including phenoxy) is 1. The fourth-order valence-corrected chi connectivity index (χ4v) is 6.73. The van der Waals surface area contributed by atoms with Crippen LogP contribution in [0, 0.1) is 17.6 Å². The fourth-order valence-electron chi connectivity index (χ4n) is 4.27. The van der Waals surface area contributed by atoms with Gasteiger partial charge < -0.3 is 4.74 Å². The minimum absolute atomic E-state index is 0.0147. The molecule has 3 nitrogen and oxygen atoms in total. The summed E-state index contributed by atoms with van der Waals surface area (Å²) in [5.41, 5.74) is 0.673. The third kappa shape index (κ3) is 2.61. The van der Waals surface area contributed by atoms with Gasteiger partial charge in [-0.2, -0.15) is 0 Å². The van der Waals surface area contributed by atoms with Crippen LogP contribution in [-0.2, 0) is 14.6 Å². The molecule has 2 atom stereocenters. The van der Waals surface area contributed by atoms with Crippen LogP contribution in [0.2, 0.25) is 5.02 Å². The van der Waals surface area contributed by atoms with Gasteiger partial charge in [0.15, 0.2) is 21.4 Å². The third-order valence-electron chi connectivity index (χ3n) is 5.56. The van der Waals surface area contributed by atoms with E-state index >= 15 is 0 Å². The lowest BCUT2D eigenvalue weighted by atomic mass is 9.71. The smallest absolute Gasteiger partial charge is 0.188 e. The second kappa shape index (κ2) is 6.31. The molecule has 4 rings (SSSR count). The number of sulfone groups is 1. The molecule has 1 saturated carbocycles. The summed E-state index contributed by atoms with van der Waals surface area (Å²) in [4.78, 5) is 0.0286. The van der Waals surface area contributed by atoms with Crippen molar-refractivity contribution >= 4 is 21.4 Å². The fraction of sp³-hybridized carbons (Fsp3) is 0.300. The Balaban J connectivity index is 2.03. The van der Waals surface area contributed by atoms with Crippen molar-refractivity contribution in [2.75, 3.05) is 6.61 Å². The second-order valence-corrected chi connectivity index (χ2v) is 9.69. The van der Waals surface area contributed by atoms with Crippen LogP contribution >= 0.6 is 11.6 Å². The van der Waals surface area contributed by atoms with E-state index in [1.807, 2.05) is 0 Å². The first-order valence-corrected chi connectivity index (χ1v) is 10.4. The standard InChI is InChI=1S/C20H17ClF2O3S/c1-12-8-9-20(27(24,25)15-4-2-14(21)3-5-15)13(10-12)11-26-19-17(23)7-6-16(22)18(19)20/h2-7,13H,1,8-11H2/t13?,20-/m0/s1. The number of hydrogen-bond acceptors (Lipinski definition) is 3. The molecule has 0 aromatic heterocycles. The van der Waals surface area contributed by atoms with Crippen LogP contribution in [0.3, 0.4) is 0 Å². The first-order valence-electron chi connectivity index (χ1n) is 8.55. The number of hydrogen-bond donors (Lipinski definition) is 0. The quantitative estimate of drug-likeness (QED) is 0.652. The molecule has 1 heterocycles. The molecule has 0 saturated heterocycles. The maximum atomic E-state index is 14.9. The molecule has 1 aliphatic carbocycles. The van der Waals surface area contributed by atoms with Gasteiger partial charge in [-0.1, -0.05) is 23.8 Å². The lowest BCUT2D eigenvalue weighted by molar-refractivity contribution is 0.141. The Morgan fingerprint density at radius 2 is 1.78 bits per heavy atom. The predicted molar refractivity (Wildman–Crippen MR) is 98.6 cm³/mol. The Morgan fingerprint density at radius 1 is 1.11 bits per heavy atom. The van der Waals surface area contributed by atoms with E-state index in [-0.39, 0.29) is 29.2 Å². The minimum Gasteiger partial charge on any atom is -0.490 e. The maximum Gasteiger partial charge on any atom is 0.188 e. The second-order valence-electron chi connectivity index (χ2n) is 7.04. The van der Waals surface area contributed by atoms with E-state index in [9.17, 15) is 17.2 Å². The molecule has 2 aliphatic rings. The molecule has 2 aromatic rings. The average molecular weight is 411 g/mol. The molecule has 2 aromatic carbocycles. The summed E-state index contributed by atoms with van der Waals surface area (Å²) in [6.07, 6.45) is 0.916. The summed E-state index contributed by atoms with van der Waals surface area (Å²) in [6.45, 7) is 3.95. The summed E-state index contributed by atoms with van der Waals surface area (Å²) in [6, 6.07) is 7.67. The average Bonchev–Trinajstić information content (AvgIpc) is 2.64. The van der Waals surface area contributed by atoms with Gasteiger partial charge in [-0.15, -0.1) is 0 Å². The number of rotatable bonds is 2. The van der Waals surface area contributed by atoms with E-state index < -0.39 is 32.1 Å². The van der Waals surface area contributed by atoms with Crippen molar-refractivity contribution < 1.29 is 21.9 Å². The lowest BCUT2D eigenvalue weighted by Crippen LogP contribution is -2.51. The Morgan fingerprint density at radius 3 is 2.48 bits per heavy atom. The number of benzene rings is 2. The van der Waals surface area contributed by atoms with Crippen molar-refractivity contribution in [3.8, 4) is 5.75 Å². The zero-order valence-corrected chi connectivity index (χ0v) is 15.9. The molecule has 0 N–H and O–H groups in total. The van der Waals surface area contributed by atoms with Crippen LogP contribution in [0.1, 0.15) is 24.8 Å². The summed E-state index contributed by atoms with van der Waals surface area (Å²) in [5.74, 6) is -2.40. The molecular weight excluding hydrogens is 394 g/mol. The number of allylic oxidation sites excluding steroid dienone is 1. The Bertz CT molecular complexity index is 1030. The van der Waals surface area contributed by atoms with Gasteiger partial charge in [-0.3, -0.25) is 0 Å². The van der Waals surface area contributed by atoms with Crippen molar-refractivity contribution in [1.29, 1.82) is 0 Å². The third-order valence-corrected chi connectivity index (χ3v) is 8.40. The summed E-state index contributed by atoms with van der Waals surface area (Å²) < 4.78 is 60.7. The van der Waals surface area contributed by atoms with Gasteiger partial charge in [0.1, 0.15) is 10.6 Å². The molecule has 1 fully saturated rings. The molecule has 27 heavy (non-hydrogen) atoms. The van der Waals surface area contributed by atoms with Crippen molar-refractivity contribution in [1.82, 2.24) is 0 Å². The lowest BCUT2D eigenvalue weighted by Gasteiger charge is -2.47. The highest BCUT2D eigenvalue weighted by molar-refractivity contribution is 7.92. The summed E-state index contributed by atoms with van der Waals surface area (Å²) >= 11 is 5.89. The molecular formula is C20H17ClF2O3S. The van der Waals surface area contributed by atoms with Crippen molar-refractivity contribution in [2.45, 2.75) is 28.9 Å². The summed E-state index contributed by atoms with van der Waals surface area (Å²) in [7, 11) is -4.06. The van der Waals surface area contributed by atoms with Crippen LogP contribution in [-0.4, -0.2) is 15.0 Å². The topological polar surface area (TPSA) is 43.4 Å². The van der Waals surface area contributed by atoms with Gasteiger partial charge in [0.2, 0.25) is 0 Å². The van der Waals surface area contributed by atoms with Gasteiger partial charge in [-0.25, -0.2) is 17.2 Å². The van der Waals surface area contributed by atoms with Crippen LogP contribution in [0.15, 0.2) is 53.4 Å². The monoisotopic (exact) mass is 410 g/mol. The van der Waals surface area contributed by atoms with Crippen LogP contribution in [0.4, 0.5) is 8.78 Å². The van der Waals surface area contributed by atoms with Gasteiger partial charge in [0, 0.05) is 10.9 Å². The molecule has 0 amide bonds. The molecule has 1 unspecified atom stereocenters. The highest BCUT2D eigenvalue weighted by Crippen LogP contribution is 2.57. The van der Waals surface area contributed by atoms with Crippen molar-refractivity contribution in [3.63, 3.8) is 0 Å². The number of halogens is 3. The first kappa shape index (κ1) is 18.4. The Labute approximate surface area is 161 Å². The van der Waals surface area contributed by atoms with Crippen LogP contribution in [0.5, 0.6) is 5.75 Å². The molecule has 0 spiro atoms. The van der Waals surface area contributed by atoms with Gasteiger partial charge >= 0.3 is 0 Å². The van der Waals surface area contributed by atoms with E-state index in [1.54, 1.807) is 0 Å².